The first-order chi connectivity index (χ1) is 38.4. The van der Waals surface area contributed by atoms with Crippen molar-refractivity contribution in [2.75, 3.05) is 113 Å². The van der Waals surface area contributed by atoms with Crippen LogP contribution in [0.3, 0.4) is 0 Å². The number of ether oxygens (including phenoxy) is 5. The molecule has 6 N–H and O–H groups in total. The molecule has 2 aromatic carbocycles. The number of anilines is 4. The molecule has 8 rings (SSSR count). The van der Waals surface area contributed by atoms with Gasteiger partial charge in [-0.1, -0.05) is 41.6 Å². The lowest BCUT2D eigenvalue weighted by molar-refractivity contribution is -0.140. The molecule has 80 heavy (non-hydrogen) atoms. The van der Waals surface area contributed by atoms with E-state index in [1.54, 1.807) is 52.4 Å². The Kier molecular flexibility index (Phi) is 20.2. The maximum Gasteiger partial charge on any atom is 0.407 e. The maximum atomic E-state index is 13.4. The molecular weight excluding hydrogens is 1080 g/mol. The van der Waals surface area contributed by atoms with Crippen LogP contribution in [-0.2, 0) is 47.7 Å². The van der Waals surface area contributed by atoms with Crippen LogP contribution in [0.4, 0.5) is 27.8 Å². The summed E-state index contributed by atoms with van der Waals surface area (Å²) in [6.45, 7) is 13.1. The molecular formula is C54H71ClN12O12S. The Morgan fingerprint density at radius 3 is 2.21 bits per heavy atom. The normalized spacial score (nSPS) is 19.3. The predicted molar refractivity (Wildman–Crippen MR) is 298 cm³/mol. The van der Waals surface area contributed by atoms with Crippen molar-refractivity contribution in [1.29, 1.82) is 0 Å². The Labute approximate surface area is 472 Å². The van der Waals surface area contributed by atoms with Crippen molar-refractivity contribution in [2.45, 2.75) is 106 Å². The highest BCUT2D eigenvalue weighted by Crippen LogP contribution is 2.44. The van der Waals surface area contributed by atoms with E-state index in [0.717, 1.165) is 17.5 Å². The van der Waals surface area contributed by atoms with Gasteiger partial charge in [0.15, 0.2) is 5.82 Å². The number of benzene rings is 2. The number of nitrogens with one attached hydrogen (secondary N) is 4. The number of halogens is 1. The molecule has 1 spiro atoms. The number of carbonyl (C=O) groups is 6. The number of piperidine rings is 2. The summed E-state index contributed by atoms with van der Waals surface area (Å²) < 4.78 is 29.6. The average Bonchev–Trinajstić information content (AvgIpc) is 3.73. The number of hydrogen-bond acceptors (Lipinski definition) is 19. The summed E-state index contributed by atoms with van der Waals surface area (Å²) in [6, 6.07) is 9.51. The molecule has 6 heterocycles. The number of carbonyl (C=O) groups excluding carboxylic acids is 6. The molecule has 26 heteroatoms. The second kappa shape index (κ2) is 27.2. The number of rotatable bonds is 22. The van der Waals surface area contributed by atoms with Gasteiger partial charge < -0.3 is 60.1 Å². The molecule has 4 saturated heterocycles. The second-order valence-electron chi connectivity index (χ2n) is 21.1. The Balaban J connectivity index is 0.666. The van der Waals surface area contributed by atoms with E-state index in [0.29, 0.717) is 128 Å². The van der Waals surface area contributed by atoms with Gasteiger partial charge in [0, 0.05) is 86.5 Å². The number of fused-ring (bicyclic) bond motifs is 1. The lowest BCUT2D eigenvalue weighted by Gasteiger charge is -2.43. The van der Waals surface area contributed by atoms with Gasteiger partial charge in [-0.15, -0.1) is 0 Å². The predicted octanol–water partition coefficient (Wildman–Crippen LogP) is 4.39. The van der Waals surface area contributed by atoms with Crippen molar-refractivity contribution in [3.05, 3.63) is 64.2 Å². The first kappa shape index (κ1) is 59.5. The van der Waals surface area contributed by atoms with Gasteiger partial charge in [-0.3, -0.25) is 34.1 Å². The zero-order chi connectivity index (χ0) is 57.0. The van der Waals surface area contributed by atoms with Crippen LogP contribution in [0.15, 0.2) is 63.5 Å². The van der Waals surface area contributed by atoms with Gasteiger partial charge in [0.1, 0.15) is 22.5 Å². The zero-order valence-electron chi connectivity index (χ0n) is 45.6. The van der Waals surface area contributed by atoms with Crippen molar-refractivity contribution in [3.63, 3.8) is 0 Å². The van der Waals surface area contributed by atoms with Gasteiger partial charge >= 0.3 is 6.09 Å². The SMILES string of the molecule is C[C@H]1OCC2(CCN(c3cnc(Sc4cccc(NC(=O)CCC(=O)N5CCN(C(=O)CCOCCOCCOCCNc6cccc7cnn(C8CCC(=O)NC8=O)c(=O)c67)CC5)c4Cl)c(N)n3)CC2)[C@H]1NC(=O)OC(C)(C)C. The summed E-state index contributed by atoms with van der Waals surface area (Å²) in [4.78, 5) is 105. The molecule has 432 valence electrons. The van der Waals surface area contributed by atoms with E-state index in [1.807, 2.05) is 27.7 Å². The highest BCUT2D eigenvalue weighted by molar-refractivity contribution is 7.99. The Bertz CT molecular complexity index is 2950. The monoisotopic (exact) mass is 1150 g/mol. The highest BCUT2D eigenvalue weighted by Gasteiger charge is 2.50. The first-order valence-electron chi connectivity index (χ1n) is 27.0. The molecule has 2 aromatic heterocycles. The molecule has 24 nitrogen and oxygen atoms in total. The Hall–Kier alpha value is -6.64. The van der Waals surface area contributed by atoms with E-state index in [1.165, 1.54) is 18.0 Å². The third kappa shape index (κ3) is 15.4. The summed E-state index contributed by atoms with van der Waals surface area (Å²) >= 11 is 8.01. The summed E-state index contributed by atoms with van der Waals surface area (Å²) in [5, 5.41) is 17.3. The fraction of sp³-hybridized carbons (Fsp3) is 0.556. The quantitative estimate of drug-likeness (QED) is 0.0538. The van der Waals surface area contributed by atoms with E-state index in [9.17, 15) is 33.6 Å². The van der Waals surface area contributed by atoms with Gasteiger partial charge in [-0.2, -0.15) is 5.10 Å². The number of nitrogen functional groups attached to an aromatic ring is 1. The van der Waals surface area contributed by atoms with Crippen molar-refractivity contribution < 1.29 is 52.5 Å². The van der Waals surface area contributed by atoms with Crippen LogP contribution >= 0.6 is 23.4 Å². The summed E-state index contributed by atoms with van der Waals surface area (Å²) in [5.41, 5.74) is 6.13. The molecule has 0 aliphatic carbocycles. The van der Waals surface area contributed by atoms with Crippen LogP contribution < -0.4 is 37.5 Å². The molecule has 6 amide bonds. The molecule has 1 unspecified atom stereocenters. The minimum Gasteiger partial charge on any atom is -0.444 e. The molecule has 4 aromatic rings. The Morgan fingerprint density at radius 2 is 1.52 bits per heavy atom. The van der Waals surface area contributed by atoms with E-state index in [-0.39, 0.29) is 85.7 Å². The number of amides is 6. The lowest BCUT2D eigenvalue weighted by atomic mass is 9.73. The number of imide groups is 1. The van der Waals surface area contributed by atoms with Crippen LogP contribution in [0.1, 0.15) is 78.7 Å². The topological polar surface area (TPSA) is 293 Å². The average molecular weight is 1150 g/mol. The second-order valence-corrected chi connectivity index (χ2v) is 22.5. The molecule has 4 aliphatic heterocycles. The number of alkyl carbamates (subject to hydrolysis) is 1. The fourth-order valence-corrected chi connectivity index (χ4v) is 11.2. The van der Waals surface area contributed by atoms with Crippen LogP contribution in [0.25, 0.3) is 10.8 Å². The molecule has 0 bridgehead atoms. The number of aromatic nitrogens is 4. The highest BCUT2D eigenvalue weighted by atomic mass is 35.5. The fourth-order valence-electron chi connectivity index (χ4n) is 10.1. The van der Waals surface area contributed by atoms with E-state index in [2.05, 4.69) is 41.2 Å². The summed E-state index contributed by atoms with van der Waals surface area (Å²) in [6.07, 6.45) is 4.58. The lowest BCUT2D eigenvalue weighted by Crippen LogP contribution is -2.55. The summed E-state index contributed by atoms with van der Waals surface area (Å²) in [7, 11) is 0. The Morgan fingerprint density at radius 1 is 0.863 bits per heavy atom. The van der Waals surface area contributed by atoms with Crippen LogP contribution in [0.5, 0.6) is 0 Å². The van der Waals surface area contributed by atoms with E-state index < -0.39 is 29.2 Å². The van der Waals surface area contributed by atoms with Gasteiger partial charge in [0.05, 0.1) is 93.3 Å². The molecule has 0 saturated carbocycles. The van der Waals surface area contributed by atoms with E-state index in [4.69, 9.17) is 41.0 Å². The third-order valence-electron chi connectivity index (χ3n) is 14.4. The van der Waals surface area contributed by atoms with Gasteiger partial charge in [-0.25, -0.2) is 19.4 Å². The minimum absolute atomic E-state index is 0.0105. The van der Waals surface area contributed by atoms with Crippen molar-refractivity contribution in [3.8, 4) is 0 Å². The number of piperazine rings is 1. The smallest absolute Gasteiger partial charge is 0.407 e. The first-order valence-corrected chi connectivity index (χ1v) is 28.2. The standard InChI is InChI=1S/C54H71ClN12O12S/c1-34-47(63-52(74)79-53(2,3)4)54(33-78-34)16-19-64(20-17-54)40-32-58-50(48(56)61-40)80-39-10-6-9-37(46(39)55)60-41(68)13-14-43(70)65-21-23-66(24-22-65)44(71)15-25-75-27-29-77-30-28-76-26-18-57-36-8-5-7-35-31-59-67(51(73)45(35)36)38-11-12-42(69)62-49(38)72/h5-10,31-32,34,38,47,57H,11-30,33H2,1-4H3,(H2,56,61)(H,60,68)(H,63,74)(H,62,69,72)/t34-,38?,47+/m1/s1. The third-order valence-corrected chi connectivity index (χ3v) is 16.0. The number of nitrogens with two attached hydrogens (primary N) is 1. The molecule has 3 atom stereocenters. The zero-order valence-corrected chi connectivity index (χ0v) is 47.2. The van der Waals surface area contributed by atoms with Gasteiger partial charge in [-0.05, 0) is 65.2 Å². The van der Waals surface area contributed by atoms with Crippen LogP contribution in [0, 0.1) is 5.41 Å². The van der Waals surface area contributed by atoms with Crippen LogP contribution in [0.2, 0.25) is 5.02 Å². The van der Waals surface area contributed by atoms with Crippen molar-refractivity contribution >= 4 is 92.8 Å². The van der Waals surface area contributed by atoms with Crippen molar-refractivity contribution in [1.82, 2.24) is 40.2 Å². The van der Waals surface area contributed by atoms with E-state index >= 15 is 0 Å². The van der Waals surface area contributed by atoms with Crippen LogP contribution in [-0.4, -0.2) is 175 Å². The molecule has 0 radical (unpaired) electrons. The molecule has 4 fully saturated rings. The number of nitrogens with zero attached hydrogens (tertiary/aromatic N) is 7. The van der Waals surface area contributed by atoms with Crippen molar-refractivity contribution in [2.24, 2.45) is 5.41 Å². The largest absolute Gasteiger partial charge is 0.444 e. The minimum atomic E-state index is -0.861. The van der Waals surface area contributed by atoms with Gasteiger partial charge in [0.25, 0.3) is 11.5 Å². The maximum absolute atomic E-state index is 13.4. The number of hydrogen-bond donors (Lipinski definition) is 5. The van der Waals surface area contributed by atoms with Gasteiger partial charge in [0.2, 0.25) is 23.6 Å². The summed E-state index contributed by atoms with van der Waals surface area (Å²) in [5.74, 6) is -0.686. The molecule has 4 aliphatic rings.